The minimum atomic E-state index is -3.21. The molecule has 0 unspecified atom stereocenters. The highest BCUT2D eigenvalue weighted by atomic mass is 32.2. The summed E-state index contributed by atoms with van der Waals surface area (Å²) < 4.78 is 28.6. The molecule has 0 aliphatic carbocycles. The van der Waals surface area contributed by atoms with Crippen LogP contribution in [-0.4, -0.2) is 63.9 Å². The lowest BCUT2D eigenvalue weighted by Gasteiger charge is -2.22. The van der Waals surface area contributed by atoms with Crippen LogP contribution in [0.25, 0.3) is 0 Å². The molecule has 0 radical (unpaired) electrons. The maximum atomic E-state index is 12.5. The number of rotatable bonds is 8. The lowest BCUT2D eigenvalue weighted by molar-refractivity contribution is 0.216. The zero-order valence-corrected chi connectivity index (χ0v) is 18.2. The van der Waals surface area contributed by atoms with Crippen LogP contribution in [0.2, 0.25) is 0 Å². The Balaban J connectivity index is 1.45. The fraction of sp³-hybridized carbons (Fsp3) is 0.429. The fourth-order valence-corrected chi connectivity index (χ4v) is 3.89. The molecule has 3 rings (SSSR count). The van der Waals surface area contributed by atoms with Crippen LogP contribution >= 0.6 is 0 Å². The number of aromatic nitrogens is 1. The number of hydrogen-bond donors (Lipinski definition) is 1. The van der Waals surface area contributed by atoms with Crippen molar-refractivity contribution < 1.29 is 17.9 Å². The van der Waals surface area contributed by atoms with Crippen LogP contribution in [0.15, 0.2) is 47.5 Å². The molecule has 1 N–H and O–H groups in total. The van der Waals surface area contributed by atoms with Gasteiger partial charge in [0.1, 0.15) is 5.75 Å². The summed E-state index contributed by atoms with van der Waals surface area (Å²) in [6.07, 6.45) is 5.83. The molecule has 30 heavy (non-hydrogen) atoms. The zero-order valence-electron chi connectivity index (χ0n) is 17.4. The van der Waals surface area contributed by atoms with Crippen molar-refractivity contribution in [2.75, 3.05) is 49.8 Å². The molecule has 1 fully saturated rings. The highest BCUT2D eigenvalue weighted by molar-refractivity contribution is 7.90. The van der Waals surface area contributed by atoms with E-state index in [0.717, 1.165) is 37.4 Å². The molecule has 9 heteroatoms. The summed E-state index contributed by atoms with van der Waals surface area (Å²) in [6.45, 7) is 2.85. The van der Waals surface area contributed by atoms with Crippen LogP contribution in [0.5, 0.6) is 5.75 Å². The Morgan fingerprint density at radius 1 is 1.20 bits per heavy atom. The van der Waals surface area contributed by atoms with Crippen molar-refractivity contribution in [2.24, 2.45) is 0 Å². The Morgan fingerprint density at radius 2 is 1.90 bits per heavy atom. The zero-order chi connectivity index (χ0) is 21.6. The molecule has 0 saturated carbocycles. The Hall–Kier alpha value is -2.81. The standard InChI is InChI=1S/C21H28N4O4S/c1-24(13-6-16-29-17-8-10-18(11-9-17)30(2,27)28)21(26)23-19-7-5-12-22-20(19)25-14-3-4-15-25/h5,7-12H,3-4,6,13-16H2,1-2H3,(H,23,26). The summed E-state index contributed by atoms with van der Waals surface area (Å²) in [5, 5.41) is 2.95. The average Bonchev–Trinajstić information content (AvgIpc) is 3.26. The van der Waals surface area contributed by atoms with Crippen molar-refractivity contribution in [3.63, 3.8) is 0 Å². The lowest BCUT2D eigenvalue weighted by Crippen LogP contribution is -2.33. The third kappa shape index (κ3) is 5.85. The van der Waals surface area contributed by atoms with Gasteiger partial charge in [0.15, 0.2) is 15.7 Å². The monoisotopic (exact) mass is 432 g/mol. The van der Waals surface area contributed by atoms with E-state index >= 15 is 0 Å². The van der Waals surface area contributed by atoms with E-state index in [9.17, 15) is 13.2 Å². The third-order valence-electron chi connectivity index (χ3n) is 4.94. The molecule has 1 aromatic carbocycles. The first-order valence-electron chi connectivity index (χ1n) is 9.99. The molecular weight excluding hydrogens is 404 g/mol. The number of nitrogens with one attached hydrogen (secondary N) is 1. The third-order valence-corrected chi connectivity index (χ3v) is 6.07. The summed E-state index contributed by atoms with van der Waals surface area (Å²) >= 11 is 0. The molecule has 1 aliphatic heterocycles. The van der Waals surface area contributed by atoms with Crippen molar-refractivity contribution in [3.8, 4) is 5.75 Å². The van der Waals surface area contributed by atoms with Crippen LogP contribution < -0.4 is 15.0 Å². The Bertz CT molecular complexity index is 957. The van der Waals surface area contributed by atoms with Gasteiger partial charge in [0.25, 0.3) is 0 Å². The summed E-state index contributed by atoms with van der Waals surface area (Å²) in [7, 11) is -1.48. The van der Waals surface area contributed by atoms with E-state index in [1.807, 2.05) is 12.1 Å². The van der Waals surface area contributed by atoms with Crippen LogP contribution in [0, 0.1) is 0 Å². The van der Waals surface area contributed by atoms with E-state index in [-0.39, 0.29) is 10.9 Å². The first-order valence-corrected chi connectivity index (χ1v) is 11.9. The largest absolute Gasteiger partial charge is 0.494 e. The molecule has 0 spiro atoms. The molecule has 1 saturated heterocycles. The van der Waals surface area contributed by atoms with Crippen LogP contribution in [0.4, 0.5) is 16.3 Å². The van der Waals surface area contributed by atoms with Gasteiger partial charge in [-0.2, -0.15) is 0 Å². The molecule has 0 atom stereocenters. The van der Waals surface area contributed by atoms with Gasteiger partial charge in [-0.15, -0.1) is 0 Å². The number of pyridine rings is 1. The number of anilines is 2. The Kier molecular flexibility index (Phi) is 7.15. The molecule has 1 aliphatic rings. The van der Waals surface area contributed by atoms with Crippen molar-refractivity contribution in [2.45, 2.75) is 24.2 Å². The van der Waals surface area contributed by atoms with Gasteiger partial charge in [-0.1, -0.05) is 0 Å². The van der Waals surface area contributed by atoms with E-state index in [1.54, 1.807) is 30.3 Å². The van der Waals surface area contributed by atoms with Crippen molar-refractivity contribution in [1.29, 1.82) is 0 Å². The van der Waals surface area contributed by atoms with Gasteiger partial charge in [-0.05, 0) is 55.7 Å². The second-order valence-corrected chi connectivity index (χ2v) is 9.38. The number of carbonyl (C=O) groups excluding carboxylic acids is 1. The topological polar surface area (TPSA) is 91.8 Å². The molecule has 2 heterocycles. The number of urea groups is 1. The number of carbonyl (C=O) groups is 1. The smallest absolute Gasteiger partial charge is 0.321 e. The van der Waals surface area contributed by atoms with Crippen molar-refractivity contribution in [3.05, 3.63) is 42.6 Å². The summed E-state index contributed by atoms with van der Waals surface area (Å²) in [5.41, 5.74) is 0.721. The van der Waals surface area contributed by atoms with Gasteiger partial charge in [0, 0.05) is 39.1 Å². The second-order valence-electron chi connectivity index (χ2n) is 7.37. The number of ether oxygens (including phenoxy) is 1. The minimum absolute atomic E-state index is 0.194. The molecule has 1 aromatic heterocycles. The lowest BCUT2D eigenvalue weighted by atomic mass is 10.3. The van der Waals surface area contributed by atoms with E-state index in [1.165, 1.54) is 18.4 Å². The van der Waals surface area contributed by atoms with E-state index in [2.05, 4.69) is 15.2 Å². The molecule has 2 aromatic rings. The van der Waals surface area contributed by atoms with Gasteiger partial charge < -0.3 is 19.9 Å². The average molecular weight is 433 g/mol. The summed E-state index contributed by atoms with van der Waals surface area (Å²) in [5.74, 6) is 1.41. The number of nitrogens with zero attached hydrogens (tertiary/aromatic N) is 3. The SMILES string of the molecule is CN(CCCOc1ccc(S(C)(=O)=O)cc1)C(=O)Nc1cccnc1N1CCCC1. The highest BCUT2D eigenvalue weighted by Crippen LogP contribution is 2.26. The van der Waals surface area contributed by atoms with Crippen LogP contribution in [0.1, 0.15) is 19.3 Å². The van der Waals surface area contributed by atoms with Crippen LogP contribution in [-0.2, 0) is 9.84 Å². The predicted molar refractivity (Wildman–Crippen MR) is 117 cm³/mol. The second kappa shape index (κ2) is 9.80. The van der Waals surface area contributed by atoms with Gasteiger partial charge in [0.05, 0.1) is 17.2 Å². The van der Waals surface area contributed by atoms with Crippen molar-refractivity contribution >= 4 is 27.4 Å². The van der Waals surface area contributed by atoms with Crippen LogP contribution in [0.3, 0.4) is 0 Å². The van der Waals surface area contributed by atoms with Crippen molar-refractivity contribution in [1.82, 2.24) is 9.88 Å². The van der Waals surface area contributed by atoms with Gasteiger partial charge >= 0.3 is 6.03 Å². The summed E-state index contributed by atoms with van der Waals surface area (Å²) in [4.78, 5) is 21.0. The number of benzene rings is 1. The number of amides is 2. The molecule has 8 nitrogen and oxygen atoms in total. The number of hydrogen-bond acceptors (Lipinski definition) is 6. The minimum Gasteiger partial charge on any atom is -0.494 e. The van der Waals surface area contributed by atoms with Gasteiger partial charge in [-0.3, -0.25) is 0 Å². The Labute approximate surface area is 177 Å². The first kappa shape index (κ1) is 21.9. The predicted octanol–water partition coefficient (Wildman–Crippen LogP) is 3.02. The normalized spacial score (nSPS) is 13.9. The van der Waals surface area contributed by atoms with E-state index < -0.39 is 9.84 Å². The van der Waals surface area contributed by atoms with Gasteiger partial charge in [0.2, 0.25) is 0 Å². The number of sulfone groups is 1. The fourth-order valence-electron chi connectivity index (χ4n) is 3.26. The first-order chi connectivity index (χ1) is 14.3. The van der Waals surface area contributed by atoms with E-state index in [0.29, 0.717) is 25.3 Å². The Morgan fingerprint density at radius 3 is 2.57 bits per heavy atom. The molecule has 0 bridgehead atoms. The molecular formula is C21H28N4O4S. The maximum Gasteiger partial charge on any atom is 0.321 e. The molecule has 162 valence electrons. The molecule has 2 amide bonds. The highest BCUT2D eigenvalue weighted by Gasteiger charge is 2.19. The maximum absolute atomic E-state index is 12.5. The quantitative estimate of drug-likeness (QED) is 0.645. The van der Waals surface area contributed by atoms with Gasteiger partial charge in [-0.25, -0.2) is 18.2 Å². The summed E-state index contributed by atoms with van der Waals surface area (Å²) in [6, 6.07) is 9.81. The van der Waals surface area contributed by atoms with E-state index in [4.69, 9.17) is 4.74 Å².